The second-order valence-electron chi connectivity index (χ2n) is 4.16. The van der Waals surface area contributed by atoms with Crippen LogP contribution in [-0.4, -0.2) is 27.2 Å². The van der Waals surface area contributed by atoms with E-state index < -0.39 is 35.7 Å². The molecule has 1 fully saturated rings. The average Bonchev–Trinajstić information content (AvgIpc) is 2.54. The van der Waals surface area contributed by atoms with Gasteiger partial charge >= 0.3 is 5.69 Å². The summed E-state index contributed by atoms with van der Waals surface area (Å²) in [4.78, 5) is 24.2. The van der Waals surface area contributed by atoms with Crippen molar-refractivity contribution in [2.24, 2.45) is 5.92 Å². The fourth-order valence-electron chi connectivity index (χ4n) is 2.23. The Kier molecular flexibility index (Phi) is 2.86. The normalized spacial score (nSPS) is 27.2. The molecule has 1 aliphatic rings. The molecule has 2 N–H and O–H groups in total. The van der Waals surface area contributed by atoms with E-state index in [0.717, 1.165) is 16.8 Å². The molecule has 17 heavy (non-hydrogen) atoms. The first-order valence-electron chi connectivity index (χ1n) is 5.27. The van der Waals surface area contributed by atoms with Crippen molar-refractivity contribution in [2.45, 2.75) is 24.8 Å². The third-order valence-electron chi connectivity index (χ3n) is 3.18. The van der Waals surface area contributed by atoms with E-state index in [2.05, 4.69) is 0 Å². The van der Waals surface area contributed by atoms with E-state index in [4.69, 9.17) is 5.11 Å². The molecule has 7 heteroatoms. The van der Waals surface area contributed by atoms with Crippen molar-refractivity contribution in [2.75, 3.05) is 6.61 Å². The van der Waals surface area contributed by atoms with Gasteiger partial charge in [0.25, 0.3) is 11.5 Å². The number of hydrogen-bond donors (Lipinski definition) is 2. The number of rotatable bonds is 2. The Bertz CT molecular complexity index is 523. The first kappa shape index (κ1) is 12.0. The molecule has 0 bridgehead atoms. The molecule has 0 unspecified atom stereocenters. The van der Waals surface area contributed by atoms with Gasteiger partial charge < -0.3 is 5.11 Å². The highest BCUT2D eigenvalue weighted by Crippen LogP contribution is 2.46. The highest BCUT2D eigenvalue weighted by atomic mass is 19.3. The number of hydrogen-bond acceptors (Lipinski definition) is 3. The smallest absolute Gasteiger partial charge is 0.328 e. The van der Waals surface area contributed by atoms with Crippen molar-refractivity contribution in [3.05, 3.63) is 33.1 Å². The average molecular weight is 246 g/mol. The number of halogens is 2. The van der Waals surface area contributed by atoms with Gasteiger partial charge in [0.2, 0.25) is 0 Å². The van der Waals surface area contributed by atoms with E-state index >= 15 is 0 Å². The Labute approximate surface area is 94.7 Å². The van der Waals surface area contributed by atoms with Gasteiger partial charge in [-0.2, -0.15) is 0 Å². The van der Waals surface area contributed by atoms with Crippen molar-refractivity contribution >= 4 is 0 Å². The Hall–Kier alpha value is -1.50. The van der Waals surface area contributed by atoms with Gasteiger partial charge in [-0.3, -0.25) is 14.3 Å². The summed E-state index contributed by atoms with van der Waals surface area (Å²) in [5.41, 5.74) is -1.47. The third kappa shape index (κ3) is 1.90. The fraction of sp³-hybridized carbons (Fsp3) is 0.600. The fourth-order valence-corrected chi connectivity index (χ4v) is 2.23. The van der Waals surface area contributed by atoms with Crippen molar-refractivity contribution in [3.8, 4) is 0 Å². The summed E-state index contributed by atoms with van der Waals surface area (Å²) in [6.45, 7) is -0.610. The SMILES string of the molecule is O=c1ccn([C@H]2CC[C@H](CO)C2(F)F)c(=O)[nH]1. The topological polar surface area (TPSA) is 75.1 Å². The van der Waals surface area contributed by atoms with Crippen molar-refractivity contribution in [3.63, 3.8) is 0 Å². The summed E-state index contributed by atoms with van der Waals surface area (Å²) < 4.78 is 28.5. The highest BCUT2D eigenvalue weighted by molar-refractivity contribution is 4.98. The molecule has 2 atom stereocenters. The van der Waals surface area contributed by atoms with Crippen LogP contribution < -0.4 is 11.2 Å². The van der Waals surface area contributed by atoms with Gasteiger partial charge in [-0.1, -0.05) is 0 Å². The van der Waals surface area contributed by atoms with Crippen LogP contribution in [0.4, 0.5) is 8.78 Å². The zero-order valence-electron chi connectivity index (χ0n) is 8.90. The minimum atomic E-state index is -3.14. The second-order valence-corrected chi connectivity index (χ2v) is 4.16. The van der Waals surface area contributed by atoms with Crippen LogP contribution in [0, 0.1) is 5.92 Å². The molecule has 1 heterocycles. The van der Waals surface area contributed by atoms with Gasteiger partial charge in [0.15, 0.2) is 0 Å². The molecule has 2 rings (SSSR count). The third-order valence-corrected chi connectivity index (χ3v) is 3.18. The lowest BCUT2D eigenvalue weighted by atomic mass is 10.1. The van der Waals surface area contributed by atoms with Crippen molar-refractivity contribution in [1.29, 1.82) is 0 Å². The maximum absolute atomic E-state index is 13.8. The summed E-state index contributed by atoms with van der Waals surface area (Å²) in [7, 11) is 0. The molecule has 0 aromatic carbocycles. The highest BCUT2D eigenvalue weighted by Gasteiger charge is 2.52. The van der Waals surface area contributed by atoms with Crippen LogP contribution in [0.1, 0.15) is 18.9 Å². The molecule has 0 saturated heterocycles. The summed E-state index contributed by atoms with van der Waals surface area (Å²) >= 11 is 0. The summed E-state index contributed by atoms with van der Waals surface area (Å²) in [5, 5.41) is 8.85. The number of alkyl halides is 2. The maximum Gasteiger partial charge on any atom is 0.328 e. The Morgan fingerprint density at radius 1 is 1.47 bits per heavy atom. The molecule has 1 aromatic heterocycles. The predicted octanol–water partition coefficient (Wildman–Crippen LogP) is 0.115. The second kappa shape index (κ2) is 4.06. The first-order valence-corrected chi connectivity index (χ1v) is 5.27. The minimum absolute atomic E-state index is 0.101. The zero-order chi connectivity index (χ0) is 12.6. The van der Waals surface area contributed by atoms with Gasteiger partial charge in [-0.15, -0.1) is 0 Å². The summed E-state index contributed by atoms with van der Waals surface area (Å²) in [6.07, 6.45) is 1.32. The number of nitrogens with zero attached hydrogens (tertiary/aromatic N) is 1. The number of nitrogens with one attached hydrogen (secondary N) is 1. The summed E-state index contributed by atoms with van der Waals surface area (Å²) in [6, 6.07) is -0.270. The number of aromatic nitrogens is 2. The molecule has 1 aromatic rings. The van der Waals surface area contributed by atoms with E-state index in [9.17, 15) is 18.4 Å². The molecule has 1 aliphatic carbocycles. The van der Waals surface area contributed by atoms with E-state index in [0.29, 0.717) is 0 Å². The minimum Gasteiger partial charge on any atom is -0.396 e. The van der Waals surface area contributed by atoms with E-state index in [1.807, 2.05) is 4.98 Å². The van der Waals surface area contributed by atoms with Crippen LogP contribution in [0.3, 0.4) is 0 Å². The number of aliphatic hydroxyl groups is 1. The van der Waals surface area contributed by atoms with Crippen LogP contribution in [0.25, 0.3) is 0 Å². The van der Waals surface area contributed by atoms with Crippen molar-refractivity contribution < 1.29 is 13.9 Å². The standard InChI is InChI=1S/C10H12F2N2O3/c11-10(12)6(5-15)1-2-7(10)14-4-3-8(16)13-9(14)17/h3-4,6-7,15H,1-2,5H2,(H,13,16,17)/t6-,7+/m1/s1. The monoisotopic (exact) mass is 246 g/mol. The molecule has 0 amide bonds. The van der Waals surface area contributed by atoms with E-state index in [-0.39, 0.29) is 12.8 Å². The molecular weight excluding hydrogens is 234 g/mol. The van der Waals surface area contributed by atoms with Gasteiger partial charge in [0.05, 0.1) is 6.61 Å². The molecule has 1 saturated carbocycles. The van der Waals surface area contributed by atoms with Gasteiger partial charge in [-0.25, -0.2) is 13.6 Å². The Balaban J connectivity index is 2.42. The van der Waals surface area contributed by atoms with Crippen molar-refractivity contribution in [1.82, 2.24) is 9.55 Å². The molecule has 94 valence electrons. The number of H-pyrrole nitrogens is 1. The van der Waals surface area contributed by atoms with Crippen LogP contribution in [0.15, 0.2) is 21.9 Å². The maximum atomic E-state index is 13.8. The number of aromatic amines is 1. The number of aliphatic hydroxyl groups excluding tert-OH is 1. The van der Waals surface area contributed by atoms with Crippen LogP contribution >= 0.6 is 0 Å². The van der Waals surface area contributed by atoms with Crippen LogP contribution in [0.5, 0.6) is 0 Å². The largest absolute Gasteiger partial charge is 0.396 e. The Morgan fingerprint density at radius 3 is 2.71 bits per heavy atom. The lowest BCUT2D eigenvalue weighted by molar-refractivity contribution is -0.0848. The molecule has 0 radical (unpaired) electrons. The molecule has 0 aliphatic heterocycles. The zero-order valence-corrected chi connectivity index (χ0v) is 8.90. The van der Waals surface area contributed by atoms with Gasteiger partial charge in [-0.05, 0) is 12.8 Å². The van der Waals surface area contributed by atoms with Gasteiger partial charge in [0, 0.05) is 18.2 Å². The molecular formula is C10H12F2N2O3. The quantitative estimate of drug-likeness (QED) is 0.778. The van der Waals surface area contributed by atoms with E-state index in [1.165, 1.54) is 0 Å². The lowest BCUT2D eigenvalue weighted by Gasteiger charge is -2.24. The predicted molar refractivity (Wildman–Crippen MR) is 55.1 cm³/mol. The lowest BCUT2D eigenvalue weighted by Crippen LogP contribution is -2.40. The van der Waals surface area contributed by atoms with Crippen LogP contribution in [0.2, 0.25) is 0 Å². The Morgan fingerprint density at radius 2 is 2.18 bits per heavy atom. The first-order chi connectivity index (χ1) is 7.96. The molecule has 5 nitrogen and oxygen atoms in total. The van der Waals surface area contributed by atoms with Crippen LogP contribution in [-0.2, 0) is 0 Å². The van der Waals surface area contributed by atoms with E-state index in [1.54, 1.807) is 0 Å². The van der Waals surface area contributed by atoms with Gasteiger partial charge in [0.1, 0.15) is 6.04 Å². The summed E-state index contributed by atoms with van der Waals surface area (Å²) in [5.74, 6) is -4.28. The molecule has 0 spiro atoms.